The Bertz CT molecular complexity index is 1080. The lowest BCUT2D eigenvalue weighted by molar-refractivity contribution is -0.0776. The van der Waals surface area contributed by atoms with Crippen molar-refractivity contribution in [3.8, 4) is 0 Å². The highest BCUT2D eigenvalue weighted by Gasteiger charge is 2.18. The maximum absolute atomic E-state index is 11.5. The first-order valence-corrected chi connectivity index (χ1v) is 10.8. The molecule has 35 heavy (non-hydrogen) atoms. The van der Waals surface area contributed by atoms with Crippen molar-refractivity contribution in [1.29, 1.82) is 0 Å². The van der Waals surface area contributed by atoms with Gasteiger partial charge in [0.25, 0.3) is 0 Å². The van der Waals surface area contributed by atoms with Crippen LogP contribution in [0.15, 0.2) is 31.8 Å². The van der Waals surface area contributed by atoms with Gasteiger partial charge in [0, 0.05) is 25.2 Å². The molecule has 3 aromatic heterocycles. The highest BCUT2D eigenvalue weighted by Crippen LogP contribution is 2.15. The SMILES string of the molecule is CC(C)c1cc(C(=O)O)on1.CC(C)c1cc(C=O)on1.CON(C)C(=O)c1cc(C(C)C)no1. The van der Waals surface area contributed by atoms with Crippen LogP contribution >= 0.6 is 0 Å². The van der Waals surface area contributed by atoms with Gasteiger partial charge in [0.2, 0.25) is 11.5 Å². The average molecular weight is 493 g/mol. The van der Waals surface area contributed by atoms with E-state index < -0.39 is 5.97 Å². The fraction of sp³-hybridized carbons (Fsp3) is 0.478. The van der Waals surface area contributed by atoms with Crippen molar-refractivity contribution in [3.63, 3.8) is 0 Å². The third kappa shape index (κ3) is 9.16. The van der Waals surface area contributed by atoms with Gasteiger partial charge in [0.1, 0.15) is 0 Å². The smallest absolute Gasteiger partial charge is 0.374 e. The molecule has 3 heterocycles. The van der Waals surface area contributed by atoms with Crippen LogP contribution < -0.4 is 0 Å². The lowest BCUT2D eigenvalue weighted by Gasteiger charge is -2.10. The van der Waals surface area contributed by atoms with E-state index in [0.29, 0.717) is 23.7 Å². The Balaban J connectivity index is 0.000000267. The molecule has 192 valence electrons. The molecular formula is C23H32N4O8. The van der Waals surface area contributed by atoms with Gasteiger partial charge in [-0.15, -0.1) is 0 Å². The third-order valence-corrected chi connectivity index (χ3v) is 4.48. The number of carboxylic acid groups (broad SMARTS) is 1. The lowest BCUT2D eigenvalue weighted by atomic mass is 10.1. The molecule has 0 bridgehead atoms. The highest BCUT2D eigenvalue weighted by molar-refractivity contribution is 5.90. The first-order chi connectivity index (χ1) is 16.4. The number of carbonyl (C=O) groups is 3. The molecule has 12 nitrogen and oxygen atoms in total. The zero-order valence-corrected chi connectivity index (χ0v) is 21.1. The number of carbonyl (C=O) groups excluding carboxylic acids is 2. The number of hydrogen-bond acceptors (Lipinski definition) is 10. The number of carboxylic acids is 1. The second-order valence-electron chi connectivity index (χ2n) is 8.26. The van der Waals surface area contributed by atoms with Crippen LogP contribution in [-0.4, -0.2) is 58.0 Å². The second kappa shape index (κ2) is 13.8. The summed E-state index contributed by atoms with van der Waals surface area (Å²) in [6, 6.07) is 4.72. The summed E-state index contributed by atoms with van der Waals surface area (Å²) in [7, 11) is 2.93. The van der Waals surface area contributed by atoms with Gasteiger partial charge in [0.15, 0.2) is 12.0 Å². The molecule has 0 atom stereocenters. The Morgan fingerprint density at radius 1 is 0.857 bits per heavy atom. The number of amides is 1. The molecule has 0 fully saturated rings. The minimum Gasteiger partial charge on any atom is -0.475 e. The summed E-state index contributed by atoms with van der Waals surface area (Å²) in [6.07, 6.45) is 0.652. The Labute approximate surface area is 203 Å². The molecule has 3 rings (SSSR count). The van der Waals surface area contributed by atoms with E-state index in [4.69, 9.17) is 14.5 Å². The molecule has 0 aliphatic heterocycles. The van der Waals surface area contributed by atoms with E-state index >= 15 is 0 Å². The van der Waals surface area contributed by atoms with Gasteiger partial charge in [-0.2, -0.15) is 0 Å². The molecular weight excluding hydrogens is 460 g/mol. The van der Waals surface area contributed by atoms with Crippen LogP contribution in [0.5, 0.6) is 0 Å². The normalized spacial score (nSPS) is 10.5. The highest BCUT2D eigenvalue weighted by atomic mass is 16.7. The molecule has 0 aliphatic rings. The van der Waals surface area contributed by atoms with E-state index in [2.05, 4.69) is 24.5 Å². The van der Waals surface area contributed by atoms with E-state index in [0.717, 1.165) is 16.5 Å². The molecule has 0 radical (unpaired) electrons. The molecule has 0 aromatic carbocycles. The summed E-state index contributed by atoms with van der Waals surface area (Å²) in [5, 5.41) is 20.6. The zero-order valence-electron chi connectivity index (χ0n) is 21.1. The van der Waals surface area contributed by atoms with Crippen molar-refractivity contribution in [1.82, 2.24) is 20.5 Å². The lowest BCUT2D eigenvalue weighted by Crippen LogP contribution is -2.24. The largest absolute Gasteiger partial charge is 0.475 e. The molecule has 0 spiro atoms. The fourth-order valence-electron chi connectivity index (χ4n) is 2.19. The van der Waals surface area contributed by atoms with Crippen molar-refractivity contribution in [2.24, 2.45) is 0 Å². The Kier molecular flexibility index (Phi) is 11.5. The summed E-state index contributed by atoms with van der Waals surface area (Å²) in [5.74, 6) is -0.274. The Morgan fingerprint density at radius 3 is 1.60 bits per heavy atom. The predicted octanol–water partition coefficient (Wildman–Crippen LogP) is 4.54. The number of hydrogen-bond donors (Lipinski definition) is 1. The first-order valence-electron chi connectivity index (χ1n) is 10.8. The number of hydroxylamine groups is 2. The molecule has 0 saturated carbocycles. The Hall–Kier alpha value is -3.80. The summed E-state index contributed by atoms with van der Waals surface area (Å²) in [4.78, 5) is 36.6. The maximum Gasteiger partial charge on any atom is 0.374 e. The van der Waals surface area contributed by atoms with Crippen LogP contribution in [0.4, 0.5) is 0 Å². The maximum atomic E-state index is 11.5. The van der Waals surface area contributed by atoms with E-state index in [9.17, 15) is 14.4 Å². The van der Waals surface area contributed by atoms with Crippen molar-refractivity contribution in [3.05, 3.63) is 52.6 Å². The summed E-state index contributed by atoms with van der Waals surface area (Å²) >= 11 is 0. The number of aldehydes is 1. The van der Waals surface area contributed by atoms with Crippen LogP contribution in [-0.2, 0) is 4.84 Å². The first kappa shape index (κ1) is 29.2. The van der Waals surface area contributed by atoms with Crippen LogP contribution in [0.1, 0.15) is 108 Å². The van der Waals surface area contributed by atoms with Crippen molar-refractivity contribution in [2.75, 3.05) is 14.2 Å². The van der Waals surface area contributed by atoms with Crippen LogP contribution in [0, 0.1) is 0 Å². The van der Waals surface area contributed by atoms with Crippen LogP contribution in [0.2, 0.25) is 0 Å². The van der Waals surface area contributed by atoms with E-state index in [1.54, 1.807) is 12.1 Å². The van der Waals surface area contributed by atoms with Gasteiger partial charge in [-0.1, -0.05) is 57.0 Å². The van der Waals surface area contributed by atoms with Crippen molar-refractivity contribution >= 4 is 18.2 Å². The quantitative estimate of drug-likeness (QED) is 0.364. The zero-order chi connectivity index (χ0) is 26.7. The topological polar surface area (TPSA) is 162 Å². The van der Waals surface area contributed by atoms with Gasteiger partial charge >= 0.3 is 11.9 Å². The molecule has 0 unspecified atom stereocenters. The second-order valence-corrected chi connectivity index (χ2v) is 8.26. The minimum absolute atomic E-state index is 0.103. The van der Waals surface area contributed by atoms with Crippen molar-refractivity contribution < 1.29 is 37.9 Å². The summed E-state index contributed by atoms with van der Waals surface area (Å²) in [6.45, 7) is 11.8. The van der Waals surface area contributed by atoms with E-state index in [-0.39, 0.29) is 29.3 Å². The summed E-state index contributed by atoms with van der Waals surface area (Å²) < 4.78 is 14.1. The van der Waals surface area contributed by atoms with Gasteiger partial charge in [-0.25, -0.2) is 9.86 Å². The van der Waals surface area contributed by atoms with Gasteiger partial charge in [-0.05, 0) is 17.8 Å². The predicted molar refractivity (Wildman–Crippen MR) is 123 cm³/mol. The number of aromatic carboxylic acids is 1. The van der Waals surface area contributed by atoms with Crippen LogP contribution in [0.3, 0.4) is 0 Å². The van der Waals surface area contributed by atoms with Gasteiger partial charge < -0.3 is 18.7 Å². The molecule has 1 N–H and O–H groups in total. The Morgan fingerprint density at radius 2 is 1.29 bits per heavy atom. The van der Waals surface area contributed by atoms with Gasteiger partial charge in [-0.3, -0.25) is 14.4 Å². The standard InChI is InChI=1S/C9H14N2O3.C7H9NO3.C7H9NO2/c1-6(2)7-5-8(14-10-7)9(12)11(3)13-4;1-4(2)5-3-6(7(9)10)11-8-5;1-5(2)7-3-6(4-9)10-8-7/h5-6H,1-4H3;3-4H,1-2H3,(H,9,10);3-5H,1-2H3. The van der Waals surface area contributed by atoms with E-state index in [1.807, 2.05) is 41.5 Å². The number of rotatable bonds is 7. The fourth-order valence-corrected chi connectivity index (χ4v) is 2.19. The number of nitrogens with zero attached hydrogens (tertiary/aromatic N) is 4. The van der Waals surface area contributed by atoms with Crippen molar-refractivity contribution in [2.45, 2.75) is 59.3 Å². The average Bonchev–Trinajstić information content (AvgIpc) is 3.58. The monoisotopic (exact) mass is 492 g/mol. The molecule has 0 aliphatic carbocycles. The molecule has 12 heteroatoms. The molecule has 0 saturated heterocycles. The molecule has 3 aromatic rings. The van der Waals surface area contributed by atoms with E-state index in [1.165, 1.54) is 20.2 Å². The van der Waals surface area contributed by atoms with Gasteiger partial charge in [0.05, 0.1) is 24.2 Å². The number of aromatic nitrogens is 3. The molecule has 1 amide bonds. The van der Waals surface area contributed by atoms with Crippen LogP contribution in [0.25, 0.3) is 0 Å². The third-order valence-electron chi connectivity index (χ3n) is 4.48. The summed E-state index contributed by atoms with van der Waals surface area (Å²) in [5.41, 5.74) is 2.25. The minimum atomic E-state index is -1.08.